The van der Waals surface area contributed by atoms with E-state index in [0.717, 1.165) is 21.6 Å². The van der Waals surface area contributed by atoms with Gasteiger partial charge in [0, 0.05) is 38.0 Å². The van der Waals surface area contributed by atoms with Crippen LogP contribution in [0.5, 0.6) is 0 Å². The fourth-order valence-electron chi connectivity index (χ4n) is 4.84. The average Bonchev–Trinajstić information content (AvgIpc) is 2.92. The van der Waals surface area contributed by atoms with Crippen molar-refractivity contribution < 1.29 is 41.4 Å². The van der Waals surface area contributed by atoms with Crippen LogP contribution >= 0.6 is 0 Å². The predicted octanol–water partition coefficient (Wildman–Crippen LogP) is 2.46. The van der Waals surface area contributed by atoms with E-state index in [1.54, 1.807) is 12.1 Å². The number of rotatable bonds is 9. The van der Waals surface area contributed by atoms with Gasteiger partial charge in [-0.2, -0.15) is 13.2 Å². The second kappa shape index (κ2) is 12.8. The van der Waals surface area contributed by atoms with Crippen LogP contribution in [0.25, 0.3) is 0 Å². The summed E-state index contributed by atoms with van der Waals surface area (Å²) < 4.78 is 76.4. The number of ether oxygens (including phenoxy) is 1. The zero-order chi connectivity index (χ0) is 31.5. The molecule has 0 radical (unpaired) electrons. The summed E-state index contributed by atoms with van der Waals surface area (Å²) in [6.45, 7) is -0.468. The number of carboxylic acid groups (broad SMARTS) is 1. The molecule has 1 aromatic heterocycles. The number of carboxylic acids is 1. The zero-order valence-corrected chi connectivity index (χ0v) is 22.7. The van der Waals surface area contributed by atoms with E-state index in [2.05, 4.69) is 5.32 Å². The highest BCUT2D eigenvalue weighted by Crippen LogP contribution is 2.31. The average molecular weight is 611 g/mol. The Labute approximate surface area is 240 Å². The molecular formula is C28H27F5N4O6. The Balaban J connectivity index is 1.52. The normalized spacial score (nSPS) is 16.1. The maximum absolute atomic E-state index is 15.0. The van der Waals surface area contributed by atoms with Crippen LogP contribution in [0, 0.1) is 11.6 Å². The molecule has 10 nitrogen and oxygen atoms in total. The van der Waals surface area contributed by atoms with Crippen molar-refractivity contribution in [3.63, 3.8) is 0 Å². The van der Waals surface area contributed by atoms with Crippen molar-refractivity contribution in [2.45, 2.75) is 37.6 Å². The Morgan fingerprint density at radius 1 is 1.09 bits per heavy atom. The molecule has 1 saturated heterocycles. The van der Waals surface area contributed by atoms with Crippen molar-refractivity contribution in [1.82, 2.24) is 14.5 Å². The minimum Gasteiger partial charge on any atom is -0.480 e. The van der Waals surface area contributed by atoms with Crippen molar-refractivity contribution in [3.8, 4) is 0 Å². The number of aromatic nitrogens is 2. The van der Waals surface area contributed by atoms with E-state index in [1.807, 2.05) is 0 Å². The number of hydrogen-bond acceptors (Lipinski definition) is 6. The highest BCUT2D eigenvalue weighted by Gasteiger charge is 2.37. The number of aryl methyl sites for hydroxylation is 1. The SMILES string of the molecule is Cn1ccc(=O)n(Cc2cccc(CC(NC(=O)c3c(F)cc(N4CCOCC4CC(F)(F)F)cc3F)C(=O)O)c2)c1=O. The first-order chi connectivity index (χ1) is 20.2. The smallest absolute Gasteiger partial charge is 0.391 e. The summed E-state index contributed by atoms with van der Waals surface area (Å²) in [7, 11) is 1.47. The first-order valence-electron chi connectivity index (χ1n) is 13.0. The van der Waals surface area contributed by atoms with Crippen molar-refractivity contribution in [3.05, 3.63) is 97.8 Å². The Hall–Kier alpha value is -4.53. The van der Waals surface area contributed by atoms with Gasteiger partial charge in [-0.15, -0.1) is 0 Å². The van der Waals surface area contributed by atoms with E-state index in [-0.39, 0.29) is 38.4 Å². The molecule has 2 aromatic carbocycles. The number of hydrogen-bond donors (Lipinski definition) is 2. The van der Waals surface area contributed by atoms with E-state index < -0.39 is 65.0 Å². The molecule has 1 fully saturated rings. The van der Waals surface area contributed by atoms with Gasteiger partial charge < -0.3 is 24.6 Å². The molecule has 15 heteroatoms. The molecule has 3 aromatic rings. The molecule has 2 atom stereocenters. The summed E-state index contributed by atoms with van der Waals surface area (Å²) in [5.74, 6) is -5.65. The molecule has 43 heavy (non-hydrogen) atoms. The summed E-state index contributed by atoms with van der Waals surface area (Å²) in [5.41, 5.74) is -1.55. The summed E-state index contributed by atoms with van der Waals surface area (Å²) in [5, 5.41) is 11.8. The topological polar surface area (TPSA) is 123 Å². The van der Waals surface area contributed by atoms with Crippen LogP contribution < -0.4 is 21.5 Å². The second-order valence-corrected chi connectivity index (χ2v) is 10.0. The summed E-state index contributed by atoms with van der Waals surface area (Å²) in [6.07, 6.45) is -4.82. The third-order valence-electron chi connectivity index (χ3n) is 6.89. The summed E-state index contributed by atoms with van der Waals surface area (Å²) in [4.78, 5) is 50.4. The largest absolute Gasteiger partial charge is 0.480 e. The van der Waals surface area contributed by atoms with Gasteiger partial charge in [0.2, 0.25) is 0 Å². The number of nitrogens with zero attached hydrogens (tertiary/aromatic N) is 3. The first-order valence-corrected chi connectivity index (χ1v) is 13.0. The highest BCUT2D eigenvalue weighted by atomic mass is 19.4. The van der Waals surface area contributed by atoms with Crippen LogP contribution in [-0.2, 0) is 29.5 Å². The van der Waals surface area contributed by atoms with Gasteiger partial charge in [-0.1, -0.05) is 24.3 Å². The molecule has 0 aliphatic carbocycles. The Bertz CT molecular complexity index is 1610. The summed E-state index contributed by atoms with van der Waals surface area (Å²) >= 11 is 0. The number of aliphatic carboxylic acids is 1. The van der Waals surface area contributed by atoms with Crippen LogP contribution in [-0.4, -0.2) is 64.1 Å². The van der Waals surface area contributed by atoms with Crippen LogP contribution in [0.1, 0.15) is 27.9 Å². The third kappa shape index (κ3) is 7.66. The monoisotopic (exact) mass is 610 g/mol. The van der Waals surface area contributed by atoms with Crippen LogP contribution in [0.4, 0.5) is 27.6 Å². The second-order valence-electron chi connectivity index (χ2n) is 10.0. The Kier molecular flexibility index (Phi) is 9.33. The predicted molar refractivity (Wildman–Crippen MR) is 143 cm³/mol. The van der Waals surface area contributed by atoms with Crippen molar-refractivity contribution in [2.75, 3.05) is 24.7 Å². The number of carbonyl (C=O) groups excluding carboxylic acids is 1. The molecule has 1 aliphatic rings. The first kappa shape index (κ1) is 31.4. The van der Waals surface area contributed by atoms with Crippen molar-refractivity contribution in [2.24, 2.45) is 7.05 Å². The number of anilines is 1. The summed E-state index contributed by atoms with van der Waals surface area (Å²) in [6, 6.07) is 6.02. The molecule has 2 unspecified atom stereocenters. The number of benzene rings is 2. The van der Waals surface area contributed by atoms with E-state index in [1.165, 1.54) is 36.0 Å². The number of carbonyl (C=O) groups is 2. The molecular weight excluding hydrogens is 583 g/mol. The molecule has 1 aliphatic heterocycles. The Morgan fingerprint density at radius 3 is 2.42 bits per heavy atom. The molecule has 0 bridgehead atoms. The lowest BCUT2D eigenvalue weighted by Gasteiger charge is -2.37. The molecule has 0 saturated carbocycles. The van der Waals surface area contributed by atoms with Crippen molar-refractivity contribution >= 4 is 17.6 Å². The van der Waals surface area contributed by atoms with Crippen LogP contribution in [0.3, 0.4) is 0 Å². The Morgan fingerprint density at radius 2 is 1.77 bits per heavy atom. The molecule has 1 amide bonds. The number of morpholine rings is 1. The molecule has 2 heterocycles. The number of alkyl halides is 3. The fraction of sp³-hybridized carbons (Fsp3) is 0.357. The third-order valence-corrected chi connectivity index (χ3v) is 6.89. The minimum atomic E-state index is -4.55. The van der Waals surface area contributed by atoms with Gasteiger partial charge in [0.15, 0.2) is 0 Å². The number of amides is 1. The van der Waals surface area contributed by atoms with Gasteiger partial charge in [0.05, 0.1) is 32.2 Å². The van der Waals surface area contributed by atoms with Gasteiger partial charge >= 0.3 is 17.8 Å². The molecule has 230 valence electrons. The zero-order valence-electron chi connectivity index (χ0n) is 22.7. The molecule has 4 rings (SSSR count). The van der Waals surface area contributed by atoms with Crippen LogP contribution in [0.2, 0.25) is 0 Å². The minimum absolute atomic E-state index is 0.0278. The van der Waals surface area contributed by atoms with E-state index in [9.17, 15) is 37.5 Å². The van der Waals surface area contributed by atoms with Crippen LogP contribution in [0.15, 0.2) is 58.3 Å². The van der Waals surface area contributed by atoms with Crippen molar-refractivity contribution in [1.29, 1.82) is 0 Å². The highest BCUT2D eigenvalue weighted by molar-refractivity contribution is 5.97. The lowest BCUT2D eigenvalue weighted by atomic mass is 10.0. The lowest BCUT2D eigenvalue weighted by Crippen LogP contribution is -2.48. The van der Waals surface area contributed by atoms with E-state index in [0.29, 0.717) is 11.1 Å². The van der Waals surface area contributed by atoms with Gasteiger partial charge in [-0.25, -0.2) is 18.4 Å². The standard InChI is InChI=1S/C28H27F5N4O6/c1-35-6-5-23(38)37(27(35)42)14-17-4-2-3-16(9-17)10-22(26(40)41)34-25(39)24-20(29)11-18(12-21(24)30)36-7-8-43-15-19(36)13-28(31,32)33/h2-6,9,11-12,19,22H,7-8,10,13-15H2,1H3,(H,34,39)(H,40,41). The maximum atomic E-state index is 15.0. The maximum Gasteiger partial charge on any atom is 0.391 e. The van der Waals surface area contributed by atoms with E-state index in [4.69, 9.17) is 4.74 Å². The fourth-order valence-corrected chi connectivity index (χ4v) is 4.84. The van der Waals surface area contributed by atoms with Gasteiger partial charge in [0.25, 0.3) is 11.5 Å². The molecule has 0 spiro atoms. The number of halogens is 5. The number of nitrogens with one attached hydrogen (secondary N) is 1. The van der Waals surface area contributed by atoms with Gasteiger partial charge in [-0.05, 0) is 23.3 Å². The van der Waals surface area contributed by atoms with Gasteiger partial charge in [-0.3, -0.25) is 14.2 Å². The quantitative estimate of drug-likeness (QED) is 0.357. The van der Waals surface area contributed by atoms with Gasteiger partial charge in [0.1, 0.15) is 23.2 Å². The lowest BCUT2D eigenvalue weighted by molar-refractivity contribution is -0.143. The van der Waals surface area contributed by atoms with E-state index >= 15 is 8.78 Å². The molecule has 2 N–H and O–H groups in total.